The van der Waals surface area contributed by atoms with Crippen LogP contribution in [0.5, 0.6) is 0 Å². The number of aryl methyl sites for hydroxylation is 1. The van der Waals surface area contributed by atoms with Gasteiger partial charge in [-0.25, -0.2) is 8.42 Å². The minimum absolute atomic E-state index is 0.133. The highest BCUT2D eigenvalue weighted by atomic mass is 32.2. The van der Waals surface area contributed by atoms with Gasteiger partial charge in [0.05, 0.1) is 11.9 Å². The molecule has 1 aliphatic rings. The van der Waals surface area contributed by atoms with E-state index in [4.69, 9.17) is 0 Å². The fraction of sp³-hybridized carbons (Fsp3) is 0.615. The topological polar surface area (TPSA) is 81.0 Å². The molecule has 0 saturated carbocycles. The molecular weight excluding hydrogens is 322 g/mol. The molecule has 2 aromatic rings. The molecule has 0 spiro atoms. The predicted molar refractivity (Wildman–Crippen MR) is 83.5 cm³/mol. The van der Waals surface area contributed by atoms with Gasteiger partial charge in [-0.2, -0.15) is 5.10 Å². The standard InChI is InChI=1S/C13H19N5O2S2/c1-17-7-10(6-14-17)8-18-5-3-4-11(9-18)12-13(21-16-15-12)22(2,19)20/h6-7,11H,3-5,8-9H2,1-2H3. The second-order valence-electron chi connectivity index (χ2n) is 5.81. The third kappa shape index (κ3) is 3.36. The molecular formula is C13H19N5O2S2. The molecule has 0 N–H and O–H groups in total. The van der Waals surface area contributed by atoms with Crippen LogP contribution in [0.25, 0.3) is 0 Å². The molecule has 0 radical (unpaired) electrons. The Hall–Kier alpha value is -1.32. The van der Waals surface area contributed by atoms with Crippen LogP contribution in [0.2, 0.25) is 0 Å². The third-order valence-corrected chi connectivity index (χ3v) is 6.43. The number of likely N-dealkylation sites (tertiary alicyclic amines) is 1. The van der Waals surface area contributed by atoms with E-state index in [9.17, 15) is 8.42 Å². The van der Waals surface area contributed by atoms with Gasteiger partial charge in [0, 0.05) is 55.6 Å². The van der Waals surface area contributed by atoms with Gasteiger partial charge in [-0.1, -0.05) is 4.49 Å². The largest absolute Gasteiger partial charge is 0.298 e. The highest BCUT2D eigenvalue weighted by Gasteiger charge is 2.29. The molecule has 1 saturated heterocycles. The van der Waals surface area contributed by atoms with Crippen LogP contribution in [-0.4, -0.2) is 52.0 Å². The van der Waals surface area contributed by atoms with Crippen molar-refractivity contribution in [2.75, 3.05) is 19.3 Å². The van der Waals surface area contributed by atoms with Gasteiger partial charge in [0.25, 0.3) is 0 Å². The Morgan fingerprint density at radius 2 is 2.27 bits per heavy atom. The minimum atomic E-state index is -3.25. The quantitative estimate of drug-likeness (QED) is 0.827. The molecule has 9 heteroatoms. The number of sulfone groups is 1. The van der Waals surface area contributed by atoms with Crippen molar-refractivity contribution in [2.24, 2.45) is 7.05 Å². The Bertz CT molecular complexity index is 752. The van der Waals surface area contributed by atoms with E-state index >= 15 is 0 Å². The van der Waals surface area contributed by atoms with Crippen molar-refractivity contribution in [3.05, 3.63) is 23.7 Å². The zero-order chi connectivity index (χ0) is 15.7. The summed E-state index contributed by atoms with van der Waals surface area (Å²) >= 11 is 0.978. The van der Waals surface area contributed by atoms with Gasteiger partial charge in [0.1, 0.15) is 0 Å². The first-order chi connectivity index (χ1) is 10.4. The zero-order valence-corrected chi connectivity index (χ0v) is 14.3. The normalized spacial score (nSPS) is 20.4. The monoisotopic (exact) mass is 341 g/mol. The van der Waals surface area contributed by atoms with Crippen molar-refractivity contribution in [3.8, 4) is 0 Å². The number of hydrogen-bond donors (Lipinski definition) is 0. The van der Waals surface area contributed by atoms with E-state index in [1.54, 1.807) is 4.68 Å². The van der Waals surface area contributed by atoms with Crippen LogP contribution in [0, 0.1) is 0 Å². The first-order valence-corrected chi connectivity index (χ1v) is 9.82. The van der Waals surface area contributed by atoms with Crippen LogP contribution in [0.1, 0.15) is 30.0 Å². The van der Waals surface area contributed by atoms with Gasteiger partial charge < -0.3 is 0 Å². The van der Waals surface area contributed by atoms with Crippen LogP contribution < -0.4 is 0 Å². The minimum Gasteiger partial charge on any atom is -0.298 e. The summed E-state index contributed by atoms with van der Waals surface area (Å²) in [4.78, 5) is 2.33. The average Bonchev–Trinajstić information content (AvgIpc) is 3.07. The molecule has 0 amide bonds. The second kappa shape index (κ2) is 6.05. The summed E-state index contributed by atoms with van der Waals surface area (Å²) in [5.41, 5.74) is 1.81. The second-order valence-corrected chi connectivity index (χ2v) is 8.78. The summed E-state index contributed by atoms with van der Waals surface area (Å²) in [7, 11) is -1.35. The fourth-order valence-electron chi connectivity index (χ4n) is 2.93. The van der Waals surface area contributed by atoms with E-state index in [0.717, 1.165) is 44.0 Å². The van der Waals surface area contributed by atoms with Crippen LogP contribution in [-0.2, 0) is 23.4 Å². The average molecular weight is 341 g/mol. The Morgan fingerprint density at radius 3 is 2.95 bits per heavy atom. The molecule has 1 atom stereocenters. The Balaban J connectivity index is 1.75. The van der Waals surface area contributed by atoms with E-state index in [1.807, 2.05) is 19.4 Å². The first kappa shape index (κ1) is 15.6. The van der Waals surface area contributed by atoms with Gasteiger partial charge >= 0.3 is 0 Å². The Kier molecular flexibility index (Phi) is 4.28. The number of hydrogen-bond acceptors (Lipinski definition) is 7. The van der Waals surface area contributed by atoms with Gasteiger partial charge in [0.15, 0.2) is 14.0 Å². The molecule has 7 nitrogen and oxygen atoms in total. The smallest absolute Gasteiger partial charge is 0.188 e. The molecule has 1 unspecified atom stereocenters. The summed E-state index contributed by atoms with van der Waals surface area (Å²) < 4.78 is 29.6. The lowest BCUT2D eigenvalue weighted by atomic mass is 9.95. The number of piperidine rings is 1. The van der Waals surface area contributed by atoms with Crippen LogP contribution in [0.3, 0.4) is 0 Å². The Labute approximate surface area is 134 Å². The van der Waals surface area contributed by atoms with Crippen molar-refractivity contribution < 1.29 is 8.42 Å². The van der Waals surface area contributed by atoms with Crippen molar-refractivity contribution in [1.29, 1.82) is 0 Å². The Morgan fingerprint density at radius 1 is 1.45 bits per heavy atom. The highest BCUT2D eigenvalue weighted by molar-refractivity contribution is 7.92. The molecule has 1 fully saturated rings. The number of aromatic nitrogens is 4. The SMILES string of the molecule is Cn1cc(CN2CCCC(c3nnsc3S(C)(=O)=O)C2)cn1. The molecule has 0 aliphatic carbocycles. The fourth-order valence-corrected chi connectivity index (χ4v) is 4.66. The summed E-state index contributed by atoms with van der Waals surface area (Å²) in [6, 6.07) is 0. The molecule has 0 bridgehead atoms. The van der Waals surface area contributed by atoms with Crippen LogP contribution in [0.15, 0.2) is 16.6 Å². The van der Waals surface area contributed by atoms with Crippen molar-refractivity contribution in [3.63, 3.8) is 0 Å². The number of nitrogens with zero attached hydrogens (tertiary/aromatic N) is 5. The molecule has 120 valence electrons. The predicted octanol–water partition coefficient (Wildman–Crippen LogP) is 1.05. The van der Waals surface area contributed by atoms with E-state index < -0.39 is 9.84 Å². The van der Waals surface area contributed by atoms with Crippen molar-refractivity contribution in [2.45, 2.75) is 29.5 Å². The van der Waals surface area contributed by atoms with Crippen LogP contribution >= 0.6 is 11.5 Å². The number of rotatable bonds is 4. The molecule has 3 rings (SSSR count). The maximum atomic E-state index is 11.8. The molecule has 22 heavy (non-hydrogen) atoms. The maximum Gasteiger partial charge on any atom is 0.188 e. The highest BCUT2D eigenvalue weighted by Crippen LogP contribution is 2.32. The van der Waals surface area contributed by atoms with Gasteiger partial charge in [-0.05, 0) is 19.4 Å². The van der Waals surface area contributed by atoms with E-state index in [0.29, 0.717) is 9.90 Å². The molecule has 3 heterocycles. The van der Waals surface area contributed by atoms with Crippen molar-refractivity contribution >= 4 is 21.4 Å². The zero-order valence-electron chi connectivity index (χ0n) is 12.6. The summed E-state index contributed by atoms with van der Waals surface area (Å²) in [5.74, 6) is 0.133. The van der Waals surface area contributed by atoms with E-state index in [1.165, 1.54) is 11.8 Å². The molecule has 0 aromatic carbocycles. The lowest BCUT2D eigenvalue weighted by Gasteiger charge is -2.31. The van der Waals surface area contributed by atoms with E-state index in [2.05, 4.69) is 19.6 Å². The first-order valence-electron chi connectivity index (χ1n) is 7.15. The lowest BCUT2D eigenvalue weighted by Crippen LogP contribution is -2.34. The molecule has 1 aliphatic heterocycles. The molecule has 2 aromatic heterocycles. The van der Waals surface area contributed by atoms with Crippen LogP contribution in [0.4, 0.5) is 0 Å². The van der Waals surface area contributed by atoms with Crippen molar-refractivity contribution in [1.82, 2.24) is 24.3 Å². The van der Waals surface area contributed by atoms with E-state index in [-0.39, 0.29) is 5.92 Å². The lowest BCUT2D eigenvalue weighted by molar-refractivity contribution is 0.197. The summed E-state index contributed by atoms with van der Waals surface area (Å²) in [6.45, 7) is 2.65. The van der Waals surface area contributed by atoms with Gasteiger partial charge in [-0.15, -0.1) is 5.10 Å². The third-order valence-electron chi connectivity index (χ3n) is 3.87. The summed E-state index contributed by atoms with van der Waals surface area (Å²) in [5, 5.41) is 8.29. The van der Waals surface area contributed by atoms with Gasteiger partial charge in [-0.3, -0.25) is 9.58 Å². The summed E-state index contributed by atoms with van der Waals surface area (Å²) in [6.07, 6.45) is 7.09. The van der Waals surface area contributed by atoms with Gasteiger partial charge in [0.2, 0.25) is 0 Å². The maximum absolute atomic E-state index is 11.8.